The number of carbonyl (C=O) groups is 3. The Balaban J connectivity index is 4.51. The predicted molar refractivity (Wildman–Crippen MR) is 307 cm³/mol. The summed E-state index contributed by atoms with van der Waals surface area (Å²) in [6, 6.07) is 0. The molecule has 6 heteroatoms. The Hall–Kier alpha value is -3.93. The van der Waals surface area contributed by atoms with E-state index in [0.29, 0.717) is 19.3 Å². The molecule has 0 amide bonds. The van der Waals surface area contributed by atoms with Gasteiger partial charge in [0.25, 0.3) is 0 Å². The normalized spacial score (nSPS) is 12.9. The van der Waals surface area contributed by atoms with E-state index in [0.717, 1.165) is 83.5 Å². The van der Waals surface area contributed by atoms with Crippen LogP contribution in [0.15, 0.2) is 109 Å². The van der Waals surface area contributed by atoms with Crippen LogP contribution in [0.2, 0.25) is 0 Å². The SMILES string of the molecule is CC/C=C/C/C=C/C/C=C/C/C=C/C/C=C/C/C=C/CCC(=O)OC[C@@H](COC(=O)CCCCCCCCC/C=C/CCCCCC)OC(=O)CCCCCCCCCCC/C=C/C/C=C/CCCCC. The molecule has 0 aliphatic carbocycles. The van der Waals surface area contributed by atoms with Crippen LogP contribution < -0.4 is 0 Å². The highest BCUT2D eigenvalue weighted by atomic mass is 16.6. The highest BCUT2D eigenvalue weighted by molar-refractivity contribution is 5.71. The predicted octanol–water partition coefficient (Wildman–Crippen LogP) is 19.9. The molecule has 0 saturated heterocycles. The molecule has 0 spiro atoms. The van der Waals surface area contributed by atoms with Crippen molar-refractivity contribution in [2.75, 3.05) is 13.2 Å². The zero-order chi connectivity index (χ0) is 51.4. The first-order valence-corrected chi connectivity index (χ1v) is 29.4. The lowest BCUT2D eigenvalue weighted by atomic mass is 10.1. The quantitative estimate of drug-likeness (QED) is 0.0261. The molecule has 0 fully saturated rings. The van der Waals surface area contributed by atoms with E-state index >= 15 is 0 Å². The third-order valence-electron chi connectivity index (χ3n) is 12.2. The van der Waals surface area contributed by atoms with Crippen LogP contribution >= 0.6 is 0 Å². The first-order valence-electron chi connectivity index (χ1n) is 29.4. The number of hydrogen-bond acceptors (Lipinski definition) is 6. The molecule has 71 heavy (non-hydrogen) atoms. The molecular formula is C65H108O6. The molecule has 0 saturated carbocycles. The van der Waals surface area contributed by atoms with Crippen molar-refractivity contribution < 1.29 is 28.6 Å². The molecule has 0 bridgehead atoms. The summed E-state index contributed by atoms with van der Waals surface area (Å²) in [7, 11) is 0. The van der Waals surface area contributed by atoms with Crippen LogP contribution in [-0.2, 0) is 28.6 Å². The van der Waals surface area contributed by atoms with Crippen molar-refractivity contribution in [3.8, 4) is 0 Å². The van der Waals surface area contributed by atoms with Gasteiger partial charge in [0.2, 0.25) is 0 Å². The number of allylic oxidation sites excluding steroid dienone is 18. The molecule has 0 aromatic heterocycles. The number of unbranched alkanes of at least 4 members (excludes halogenated alkanes) is 23. The minimum atomic E-state index is -0.815. The highest BCUT2D eigenvalue weighted by Gasteiger charge is 2.19. The summed E-state index contributed by atoms with van der Waals surface area (Å²) in [5.74, 6) is -1.00. The molecular weight excluding hydrogens is 877 g/mol. The van der Waals surface area contributed by atoms with Gasteiger partial charge in [0.05, 0.1) is 0 Å². The van der Waals surface area contributed by atoms with E-state index in [1.165, 1.54) is 135 Å². The number of carbonyl (C=O) groups excluding carboxylic acids is 3. The lowest BCUT2D eigenvalue weighted by Gasteiger charge is -2.18. The molecule has 0 unspecified atom stereocenters. The third kappa shape index (κ3) is 56.9. The average Bonchev–Trinajstić information content (AvgIpc) is 3.37. The summed E-state index contributed by atoms with van der Waals surface area (Å²) < 4.78 is 16.8. The van der Waals surface area contributed by atoms with Gasteiger partial charge >= 0.3 is 17.9 Å². The molecule has 0 aliphatic rings. The number of esters is 3. The summed E-state index contributed by atoms with van der Waals surface area (Å²) in [6.07, 6.45) is 79.4. The minimum absolute atomic E-state index is 0.106. The smallest absolute Gasteiger partial charge is 0.306 e. The van der Waals surface area contributed by atoms with Gasteiger partial charge in [0.15, 0.2) is 6.10 Å². The van der Waals surface area contributed by atoms with Crippen molar-refractivity contribution >= 4 is 17.9 Å². The maximum atomic E-state index is 12.9. The maximum Gasteiger partial charge on any atom is 0.306 e. The van der Waals surface area contributed by atoms with Crippen molar-refractivity contribution in [2.24, 2.45) is 0 Å². The van der Waals surface area contributed by atoms with E-state index < -0.39 is 6.10 Å². The summed E-state index contributed by atoms with van der Waals surface area (Å²) >= 11 is 0. The summed E-state index contributed by atoms with van der Waals surface area (Å²) in [5.41, 5.74) is 0. The van der Waals surface area contributed by atoms with E-state index in [9.17, 15) is 14.4 Å². The third-order valence-corrected chi connectivity index (χ3v) is 12.2. The van der Waals surface area contributed by atoms with Crippen molar-refractivity contribution in [2.45, 2.75) is 271 Å². The van der Waals surface area contributed by atoms with Gasteiger partial charge in [0, 0.05) is 19.3 Å². The Kier molecular flexibility index (Phi) is 55.4. The van der Waals surface area contributed by atoms with Crippen LogP contribution in [0.25, 0.3) is 0 Å². The largest absolute Gasteiger partial charge is 0.462 e. The van der Waals surface area contributed by atoms with E-state index in [2.05, 4.69) is 124 Å². The lowest BCUT2D eigenvalue weighted by Crippen LogP contribution is -2.30. The molecule has 0 aliphatic heterocycles. The van der Waals surface area contributed by atoms with Gasteiger partial charge in [-0.15, -0.1) is 0 Å². The molecule has 404 valence electrons. The summed E-state index contributed by atoms with van der Waals surface area (Å²) in [6.45, 7) is 6.42. The van der Waals surface area contributed by atoms with Gasteiger partial charge < -0.3 is 14.2 Å². The Morgan fingerprint density at radius 3 is 0.986 bits per heavy atom. The molecule has 0 aromatic carbocycles. The fourth-order valence-electron chi connectivity index (χ4n) is 7.85. The van der Waals surface area contributed by atoms with Gasteiger partial charge in [0.1, 0.15) is 13.2 Å². The zero-order valence-corrected chi connectivity index (χ0v) is 46.2. The van der Waals surface area contributed by atoms with Crippen LogP contribution in [0.1, 0.15) is 265 Å². The van der Waals surface area contributed by atoms with Crippen molar-refractivity contribution in [3.63, 3.8) is 0 Å². The van der Waals surface area contributed by atoms with Gasteiger partial charge in [-0.1, -0.05) is 239 Å². The average molecular weight is 986 g/mol. The van der Waals surface area contributed by atoms with Gasteiger partial charge in [-0.25, -0.2) is 0 Å². The molecule has 0 radical (unpaired) electrons. The van der Waals surface area contributed by atoms with E-state index in [1.807, 2.05) is 6.08 Å². The number of rotatable bonds is 52. The number of hydrogen-bond donors (Lipinski definition) is 0. The second-order valence-corrected chi connectivity index (χ2v) is 19.2. The van der Waals surface area contributed by atoms with Crippen LogP contribution in [-0.4, -0.2) is 37.2 Å². The van der Waals surface area contributed by atoms with Crippen LogP contribution in [0.5, 0.6) is 0 Å². The van der Waals surface area contributed by atoms with E-state index in [4.69, 9.17) is 14.2 Å². The first kappa shape index (κ1) is 67.1. The topological polar surface area (TPSA) is 78.9 Å². The monoisotopic (exact) mass is 985 g/mol. The van der Waals surface area contributed by atoms with E-state index in [1.54, 1.807) is 0 Å². The lowest BCUT2D eigenvalue weighted by molar-refractivity contribution is -0.166. The molecule has 6 nitrogen and oxygen atoms in total. The Morgan fingerprint density at radius 2 is 0.577 bits per heavy atom. The molecule has 0 N–H and O–H groups in total. The fourth-order valence-corrected chi connectivity index (χ4v) is 7.85. The van der Waals surface area contributed by atoms with Gasteiger partial charge in [-0.3, -0.25) is 14.4 Å². The second kappa shape index (κ2) is 58.6. The zero-order valence-electron chi connectivity index (χ0n) is 46.2. The summed E-state index contributed by atoms with van der Waals surface area (Å²) in [4.78, 5) is 38.2. The fraction of sp³-hybridized carbons (Fsp3) is 0.677. The second-order valence-electron chi connectivity index (χ2n) is 19.2. The Labute approximate surface area is 438 Å². The van der Waals surface area contributed by atoms with Crippen LogP contribution in [0.4, 0.5) is 0 Å². The van der Waals surface area contributed by atoms with Crippen molar-refractivity contribution in [1.82, 2.24) is 0 Å². The van der Waals surface area contributed by atoms with Gasteiger partial charge in [-0.05, 0) is 116 Å². The van der Waals surface area contributed by atoms with Crippen molar-refractivity contribution in [1.29, 1.82) is 0 Å². The standard InChI is InChI=1S/C65H108O6/c1-4-7-10-13-16-19-22-25-28-30-32-34-37-40-43-46-49-52-55-58-64(67)70-61-62(60-69-63(66)57-54-51-48-45-42-39-36-27-24-21-18-15-12-9-6-3)71-65(68)59-56-53-50-47-44-41-38-35-33-31-29-26-23-20-17-14-11-8-5-2/h7,10,16-17,19-21,24-26,28-29,32,34,40,43,49,52,62H,4-6,8-9,11-15,18,22-23,27,30-31,33,35-39,41-42,44-48,50-51,53-61H2,1-3H3/b10-7+,19-16+,20-17+,24-21+,28-25+,29-26+,34-32+,43-40+,52-49+/t62-/m1/s1. The van der Waals surface area contributed by atoms with Crippen LogP contribution in [0, 0.1) is 0 Å². The maximum absolute atomic E-state index is 12.9. The minimum Gasteiger partial charge on any atom is -0.462 e. The molecule has 1 atom stereocenters. The molecule has 0 heterocycles. The Bertz CT molecular complexity index is 1460. The Morgan fingerprint density at radius 1 is 0.296 bits per heavy atom. The van der Waals surface area contributed by atoms with Gasteiger partial charge in [-0.2, -0.15) is 0 Å². The van der Waals surface area contributed by atoms with Crippen LogP contribution in [0.3, 0.4) is 0 Å². The van der Waals surface area contributed by atoms with E-state index in [-0.39, 0.29) is 37.5 Å². The molecule has 0 aromatic rings. The van der Waals surface area contributed by atoms with Crippen molar-refractivity contribution in [3.05, 3.63) is 109 Å². The number of ether oxygens (including phenoxy) is 3. The summed E-state index contributed by atoms with van der Waals surface area (Å²) in [5, 5.41) is 0. The molecule has 0 rings (SSSR count). The highest BCUT2D eigenvalue weighted by Crippen LogP contribution is 2.15. The first-order chi connectivity index (χ1) is 35.0.